The summed E-state index contributed by atoms with van der Waals surface area (Å²) in [4.78, 5) is 24.4. The van der Waals surface area contributed by atoms with E-state index in [2.05, 4.69) is 40.1 Å². The van der Waals surface area contributed by atoms with Crippen LogP contribution in [0.3, 0.4) is 0 Å². The Labute approximate surface area is 147 Å². The van der Waals surface area contributed by atoms with E-state index in [1.807, 2.05) is 32.2 Å². The van der Waals surface area contributed by atoms with Gasteiger partial charge in [0.2, 0.25) is 0 Å². The summed E-state index contributed by atoms with van der Waals surface area (Å²) in [6.07, 6.45) is 0. The number of carbonyl (C=O) groups excluding carboxylic acids is 1. The van der Waals surface area contributed by atoms with Gasteiger partial charge in [0.15, 0.2) is 0 Å². The molecule has 1 aliphatic rings. The highest BCUT2D eigenvalue weighted by Gasteiger charge is 2.17. The van der Waals surface area contributed by atoms with Crippen LogP contribution < -0.4 is 0 Å². The molecule has 1 amide bonds. The maximum Gasteiger partial charge on any atom is 0.253 e. The number of nitrogens with one attached hydrogen (secondary N) is 1. The third-order valence-electron chi connectivity index (χ3n) is 4.76. The molecule has 0 saturated heterocycles. The fraction of sp³-hybridized carbons (Fsp3) is 0.300. The van der Waals surface area contributed by atoms with Crippen molar-refractivity contribution in [3.8, 4) is 0 Å². The molecule has 2 aromatic carbocycles. The van der Waals surface area contributed by atoms with Gasteiger partial charge in [-0.3, -0.25) is 9.69 Å². The van der Waals surface area contributed by atoms with Gasteiger partial charge < -0.3 is 9.88 Å². The molecule has 25 heavy (non-hydrogen) atoms. The zero-order valence-electron chi connectivity index (χ0n) is 14.8. The molecule has 1 aliphatic heterocycles. The molecule has 0 fully saturated rings. The topological polar surface area (TPSA) is 52.2 Å². The average molecular weight is 334 g/mol. The highest BCUT2D eigenvalue weighted by Crippen LogP contribution is 2.23. The lowest BCUT2D eigenvalue weighted by molar-refractivity contribution is 0.0785. The summed E-state index contributed by atoms with van der Waals surface area (Å²) in [5.41, 5.74) is 6.40. The van der Waals surface area contributed by atoms with E-state index in [0.717, 1.165) is 29.9 Å². The van der Waals surface area contributed by atoms with Crippen LogP contribution in [-0.4, -0.2) is 39.8 Å². The minimum Gasteiger partial charge on any atom is -0.342 e. The molecule has 0 unspecified atom stereocenters. The van der Waals surface area contributed by atoms with Crippen molar-refractivity contribution in [2.75, 3.05) is 14.1 Å². The number of fused-ring (bicyclic) bond motifs is 2. The number of hydrogen-bond donors (Lipinski definition) is 1. The number of imidazole rings is 1. The van der Waals surface area contributed by atoms with E-state index in [1.54, 1.807) is 4.90 Å². The predicted molar refractivity (Wildman–Crippen MR) is 98.2 cm³/mol. The Morgan fingerprint density at radius 1 is 1.20 bits per heavy atom. The fourth-order valence-electron chi connectivity index (χ4n) is 3.55. The largest absolute Gasteiger partial charge is 0.342 e. The van der Waals surface area contributed by atoms with Crippen LogP contribution in [0.15, 0.2) is 36.4 Å². The highest BCUT2D eigenvalue weighted by molar-refractivity contribution is 5.97. The molecule has 0 bridgehead atoms. The second-order valence-electron chi connectivity index (χ2n) is 6.99. The second-order valence-corrected chi connectivity index (χ2v) is 6.99. The summed E-state index contributed by atoms with van der Waals surface area (Å²) in [5.74, 6) is 0.878. The third kappa shape index (κ3) is 3.03. The fourth-order valence-corrected chi connectivity index (χ4v) is 3.55. The SMILES string of the molecule is Cc1nc2ccc(C(=O)N(C)Cc3ccc4c(c3)CN(C)C4)cc2[nH]1. The molecular formula is C20H22N4O. The van der Waals surface area contributed by atoms with Crippen LogP contribution in [0.2, 0.25) is 0 Å². The number of aromatic amines is 1. The van der Waals surface area contributed by atoms with Gasteiger partial charge in [-0.05, 0) is 48.9 Å². The number of aromatic nitrogens is 2. The quantitative estimate of drug-likeness (QED) is 0.801. The van der Waals surface area contributed by atoms with Gasteiger partial charge in [0.05, 0.1) is 11.0 Å². The summed E-state index contributed by atoms with van der Waals surface area (Å²) in [5, 5.41) is 0. The Balaban J connectivity index is 1.52. The lowest BCUT2D eigenvalue weighted by atomic mass is 10.1. The van der Waals surface area contributed by atoms with Crippen LogP contribution in [0.1, 0.15) is 32.9 Å². The van der Waals surface area contributed by atoms with E-state index in [4.69, 9.17) is 0 Å². The number of H-pyrrole nitrogens is 1. The van der Waals surface area contributed by atoms with Crippen molar-refractivity contribution in [2.24, 2.45) is 0 Å². The Kier molecular flexibility index (Phi) is 3.81. The van der Waals surface area contributed by atoms with Crippen LogP contribution in [0.4, 0.5) is 0 Å². The van der Waals surface area contributed by atoms with E-state index in [9.17, 15) is 4.79 Å². The summed E-state index contributed by atoms with van der Waals surface area (Å²) < 4.78 is 0. The molecule has 1 N–H and O–H groups in total. The molecular weight excluding hydrogens is 312 g/mol. The van der Waals surface area contributed by atoms with Crippen molar-refractivity contribution in [2.45, 2.75) is 26.6 Å². The summed E-state index contributed by atoms with van der Waals surface area (Å²) in [6, 6.07) is 12.2. The maximum absolute atomic E-state index is 12.8. The van der Waals surface area contributed by atoms with Crippen molar-refractivity contribution in [1.82, 2.24) is 19.8 Å². The molecule has 5 nitrogen and oxygen atoms in total. The first kappa shape index (κ1) is 15.8. The lowest BCUT2D eigenvalue weighted by Crippen LogP contribution is -2.26. The molecule has 0 saturated carbocycles. The molecule has 0 aliphatic carbocycles. The summed E-state index contributed by atoms with van der Waals surface area (Å²) in [6.45, 7) is 4.51. The first-order chi connectivity index (χ1) is 12.0. The number of carbonyl (C=O) groups is 1. The maximum atomic E-state index is 12.8. The Morgan fingerprint density at radius 3 is 2.84 bits per heavy atom. The van der Waals surface area contributed by atoms with Crippen molar-refractivity contribution in [1.29, 1.82) is 0 Å². The monoisotopic (exact) mass is 334 g/mol. The van der Waals surface area contributed by atoms with E-state index < -0.39 is 0 Å². The van der Waals surface area contributed by atoms with Crippen LogP contribution in [0, 0.1) is 6.92 Å². The lowest BCUT2D eigenvalue weighted by Gasteiger charge is -2.18. The van der Waals surface area contributed by atoms with Gasteiger partial charge in [-0.25, -0.2) is 4.98 Å². The van der Waals surface area contributed by atoms with E-state index >= 15 is 0 Å². The molecule has 1 aromatic heterocycles. The zero-order valence-corrected chi connectivity index (χ0v) is 14.8. The first-order valence-electron chi connectivity index (χ1n) is 8.50. The van der Waals surface area contributed by atoms with Gasteiger partial charge in [-0.1, -0.05) is 18.2 Å². The Hall–Kier alpha value is -2.66. The molecule has 0 atom stereocenters. The van der Waals surface area contributed by atoms with Gasteiger partial charge >= 0.3 is 0 Å². The third-order valence-corrected chi connectivity index (χ3v) is 4.76. The number of rotatable bonds is 3. The number of nitrogens with zero attached hydrogens (tertiary/aromatic N) is 3. The Bertz CT molecular complexity index is 959. The predicted octanol–water partition coefficient (Wildman–Crippen LogP) is 3.09. The Morgan fingerprint density at radius 2 is 2.00 bits per heavy atom. The number of benzene rings is 2. The molecule has 3 aromatic rings. The van der Waals surface area contributed by atoms with Crippen molar-refractivity contribution < 1.29 is 4.79 Å². The highest BCUT2D eigenvalue weighted by atomic mass is 16.2. The summed E-state index contributed by atoms with van der Waals surface area (Å²) >= 11 is 0. The first-order valence-corrected chi connectivity index (χ1v) is 8.50. The van der Waals surface area contributed by atoms with Crippen LogP contribution >= 0.6 is 0 Å². The smallest absolute Gasteiger partial charge is 0.253 e. The molecule has 2 heterocycles. The van der Waals surface area contributed by atoms with Gasteiger partial charge in [-0.2, -0.15) is 0 Å². The van der Waals surface area contributed by atoms with Crippen LogP contribution in [0.25, 0.3) is 11.0 Å². The number of amides is 1. The van der Waals surface area contributed by atoms with E-state index in [1.165, 1.54) is 16.7 Å². The van der Waals surface area contributed by atoms with Gasteiger partial charge in [0, 0.05) is 32.2 Å². The molecule has 0 radical (unpaired) electrons. The number of aryl methyl sites for hydroxylation is 1. The molecule has 5 heteroatoms. The molecule has 4 rings (SSSR count). The standard InChI is InChI=1S/C20H22N4O/c1-13-21-18-7-6-15(9-19(18)22-13)20(25)24(3)10-14-4-5-16-11-23(2)12-17(16)8-14/h4-9H,10-12H2,1-3H3,(H,21,22). The normalized spacial score (nSPS) is 14.0. The zero-order chi connectivity index (χ0) is 17.6. The van der Waals surface area contributed by atoms with E-state index in [0.29, 0.717) is 12.1 Å². The van der Waals surface area contributed by atoms with Gasteiger partial charge in [0.25, 0.3) is 5.91 Å². The van der Waals surface area contributed by atoms with Crippen molar-refractivity contribution in [3.63, 3.8) is 0 Å². The van der Waals surface area contributed by atoms with E-state index in [-0.39, 0.29) is 5.91 Å². The van der Waals surface area contributed by atoms with Crippen molar-refractivity contribution in [3.05, 3.63) is 64.5 Å². The number of hydrogen-bond acceptors (Lipinski definition) is 3. The van der Waals surface area contributed by atoms with Crippen LogP contribution in [-0.2, 0) is 19.6 Å². The van der Waals surface area contributed by atoms with Gasteiger partial charge in [0.1, 0.15) is 5.82 Å². The average Bonchev–Trinajstić information content (AvgIpc) is 3.13. The second kappa shape index (κ2) is 6.01. The van der Waals surface area contributed by atoms with Gasteiger partial charge in [-0.15, -0.1) is 0 Å². The minimum atomic E-state index is 0.0202. The van der Waals surface area contributed by atoms with Crippen molar-refractivity contribution >= 4 is 16.9 Å². The summed E-state index contributed by atoms with van der Waals surface area (Å²) in [7, 11) is 3.98. The molecule has 128 valence electrons. The van der Waals surface area contributed by atoms with Crippen LogP contribution in [0.5, 0.6) is 0 Å². The molecule has 0 spiro atoms. The minimum absolute atomic E-state index is 0.0202.